The average Bonchev–Trinajstić information content (AvgIpc) is 3.16. The number of para-hydroxylation sites is 1. The van der Waals surface area contributed by atoms with Crippen molar-refractivity contribution in [1.82, 2.24) is 30.1 Å². The molecule has 3 aromatic heterocycles. The van der Waals surface area contributed by atoms with Crippen LogP contribution in [0.1, 0.15) is 11.5 Å². The summed E-state index contributed by atoms with van der Waals surface area (Å²) >= 11 is 0. The molecule has 0 unspecified atom stereocenters. The van der Waals surface area contributed by atoms with Crippen LogP contribution in [0.2, 0.25) is 0 Å². The Morgan fingerprint density at radius 2 is 1.81 bits per heavy atom. The monoisotopic (exact) mass is 359 g/mol. The molecule has 0 aliphatic carbocycles. The number of aryl methyl sites for hydroxylation is 1. The predicted octanol–water partition coefficient (Wildman–Crippen LogP) is 2.95. The Balaban J connectivity index is 1.52. The smallest absolute Gasteiger partial charge is 0.181 e. The molecular weight excluding hydrogens is 342 g/mol. The van der Waals surface area contributed by atoms with E-state index >= 15 is 0 Å². The first-order valence-electron chi connectivity index (χ1n) is 8.38. The van der Waals surface area contributed by atoms with Gasteiger partial charge in [0, 0.05) is 29.7 Å². The minimum absolute atomic E-state index is 0.145. The van der Waals surface area contributed by atoms with Crippen LogP contribution < -0.4 is 5.32 Å². The second-order valence-electron chi connectivity index (χ2n) is 5.93. The van der Waals surface area contributed by atoms with Gasteiger partial charge in [0.05, 0.1) is 12.1 Å². The van der Waals surface area contributed by atoms with Crippen LogP contribution in [0.4, 0.5) is 5.82 Å². The summed E-state index contributed by atoms with van der Waals surface area (Å²) in [6.45, 7) is 2.31. The summed E-state index contributed by atoms with van der Waals surface area (Å²) in [5, 5.41) is 20.4. The number of benzene rings is 1. The van der Waals surface area contributed by atoms with Gasteiger partial charge < -0.3 is 10.4 Å². The first-order valence-corrected chi connectivity index (χ1v) is 8.38. The standard InChI is InChI=1S/C19H17N7O/c1-12-10-16(23-19(22-12)14-4-2-3-5-15(14)27)21-11-17-24-18(26-25-17)13-6-8-20-9-7-13/h2-10,27H,11H2,1H3,(H,21,22,23)(H,24,25,26). The number of nitrogens with zero attached hydrogens (tertiary/aromatic N) is 5. The van der Waals surface area contributed by atoms with Gasteiger partial charge in [-0.2, -0.15) is 5.10 Å². The lowest BCUT2D eigenvalue weighted by Gasteiger charge is -2.08. The molecule has 3 heterocycles. The van der Waals surface area contributed by atoms with E-state index in [4.69, 9.17) is 0 Å². The number of aromatic hydroxyl groups is 1. The fourth-order valence-electron chi connectivity index (χ4n) is 2.62. The Hall–Kier alpha value is -3.81. The Morgan fingerprint density at radius 1 is 1.00 bits per heavy atom. The van der Waals surface area contributed by atoms with Crippen LogP contribution in [0, 0.1) is 6.92 Å². The van der Waals surface area contributed by atoms with Crippen LogP contribution in [0.25, 0.3) is 22.8 Å². The Labute approximate surface area is 155 Å². The van der Waals surface area contributed by atoms with Gasteiger partial charge in [-0.3, -0.25) is 10.1 Å². The number of hydrogen-bond acceptors (Lipinski definition) is 7. The normalized spacial score (nSPS) is 10.7. The van der Waals surface area contributed by atoms with Crippen LogP contribution in [0.15, 0.2) is 54.9 Å². The summed E-state index contributed by atoms with van der Waals surface area (Å²) in [6.07, 6.45) is 3.40. The maximum Gasteiger partial charge on any atom is 0.181 e. The molecule has 134 valence electrons. The zero-order valence-electron chi connectivity index (χ0n) is 14.6. The van der Waals surface area contributed by atoms with Gasteiger partial charge in [-0.05, 0) is 31.2 Å². The van der Waals surface area contributed by atoms with Crippen molar-refractivity contribution in [2.24, 2.45) is 0 Å². The molecule has 0 fully saturated rings. The summed E-state index contributed by atoms with van der Waals surface area (Å²) in [6, 6.07) is 12.5. The van der Waals surface area contributed by atoms with Crippen molar-refractivity contribution in [2.45, 2.75) is 13.5 Å². The van der Waals surface area contributed by atoms with Crippen molar-refractivity contribution >= 4 is 5.82 Å². The molecule has 27 heavy (non-hydrogen) atoms. The SMILES string of the molecule is Cc1cc(NCc2nc(-c3ccncc3)n[nH]2)nc(-c2ccccc2O)n1. The molecule has 1 aromatic carbocycles. The van der Waals surface area contributed by atoms with Crippen molar-refractivity contribution in [3.8, 4) is 28.5 Å². The van der Waals surface area contributed by atoms with E-state index in [1.54, 1.807) is 30.6 Å². The summed E-state index contributed by atoms with van der Waals surface area (Å²) < 4.78 is 0. The quantitative estimate of drug-likeness (QED) is 0.502. The van der Waals surface area contributed by atoms with Gasteiger partial charge >= 0.3 is 0 Å². The number of phenolic OH excluding ortho intramolecular Hbond substituents is 1. The number of aromatic amines is 1. The maximum absolute atomic E-state index is 10.0. The van der Waals surface area contributed by atoms with Crippen LogP contribution in [0.3, 0.4) is 0 Å². The number of anilines is 1. The lowest BCUT2D eigenvalue weighted by Crippen LogP contribution is -2.05. The lowest BCUT2D eigenvalue weighted by atomic mass is 10.2. The molecule has 8 nitrogen and oxygen atoms in total. The molecule has 4 rings (SSSR count). The van der Waals surface area contributed by atoms with Crippen LogP contribution >= 0.6 is 0 Å². The van der Waals surface area contributed by atoms with Gasteiger partial charge in [-0.15, -0.1) is 0 Å². The van der Waals surface area contributed by atoms with E-state index < -0.39 is 0 Å². The van der Waals surface area contributed by atoms with E-state index in [0.29, 0.717) is 35.4 Å². The highest BCUT2D eigenvalue weighted by molar-refractivity contribution is 5.64. The van der Waals surface area contributed by atoms with Crippen molar-refractivity contribution in [3.05, 3.63) is 66.4 Å². The fourth-order valence-corrected chi connectivity index (χ4v) is 2.62. The van der Waals surface area contributed by atoms with Gasteiger partial charge in [0.1, 0.15) is 17.4 Å². The number of phenols is 1. The number of hydrogen-bond donors (Lipinski definition) is 3. The number of aromatic nitrogens is 6. The minimum Gasteiger partial charge on any atom is -0.507 e. The minimum atomic E-state index is 0.145. The van der Waals surface area contributed by atoms with E-state index in [1.807, 2.05) is 31.2 Å². The molecule has 0 saturated carbocycles. The fraction of sp³-hybridized carbons (Fsp3) is 0.105. The molecular formula is C19H17N7O. The molecule has 0 aliphatic rings. The first-order chi connectivity index (χ1) is 13.2. The second kappa shape index (κ2) is 7.20. The van der Waals surface area contributed by atoms with Crippen LogP contribution in [0.5, 0.6) is 5.75 Å². The second-order valence-corrected chi connectivity index (χ2v) is 5.93. The molecule has 0 aliphatic heterocycles. The largest absolute Gasteiger partial charge is 0.507 e. The van der Waals surface area contributed by atoms with Gasteiger partial charge in [0.25, 0.3) is 0 Å². The number of H-pyrrole nitrogens is 1. The highest BCUT2D eigenvalue weighted by Crippen LogP contribution is 2.26. The molecule has 4 aromatic rings. The van der Waals surface area contributed by atoms with Gasteiger partial charge in [-0.25, -0.2) is 15.0 Å². The van der Waals surface area contributed by atoms with Gasteiger partial charge in [0.15, 0.2) is 11.6 Å². The zero-order valence-corrected chi connectivity index (χ0v) is 14.6. The highest BCUT2D eigenvalue weighted by Gasteiger charge is 2.10. The molecule has 0 atom stereocenters. The van der Waals surface area contributed by atoms with E-state index in [1.165, 1.54) is 0 Å². The van der Waals surface area contributed by atoms with Crippen LogP contribution in [-0.4, -0.2) is 35.2 Å². The topological polar surface area (TPSA) is 113 Å². The molecule has 0 bridgehead atoms. The summed E-state index contributed by atoms with van der Waals surface area (Å²) in [5.74, 6) is 2.55. The molecule has 0 saturated heterocycles. The molecule has 3 N–H and O–H groups in total. The summed E-state index contributed by atoms with van der Waals surface area (Å²) in [5.41, 5.74) is 2.27. The predicted molar refractivity (Wildman–Crippen MR) is 101 cm³/mol. The molecule has 0 spiro atoms. The molecule has 0 amide bonds. The third-order valence-corrected chi connectivity index (χ3v) is 3.91. The summed E-state index contributed by atoms with van der Waals surface area (Å²) in [4.78, 5) is 17.4. The lowest BCUT2D eigenvalue weighted by molar-refractivity contribution is 0.477. The van der Waals surface area contributed by atoms with Crippen molar-refractivity contribution in [2.75, 3.05) is 5.32 Å². The van der Waals surface area contributed by atoms with Crippen molar-refractivity contribution in [1.29, 1.82) is 0 Å². The van der Waals surface area contributed by atoms with Gasteiger partial charge in [-0.1, -0.05) is 12.1 Å². The van der Waals surface area contributed by atoms with E-state index in [9.17, 15) is 5.11 Å². The third-order valence-electron chi connectivity index (χ3n) is 3.91. The Bertz CT molecular complexity index is 1060. The number of rotatable bonds is 5. The van der Waals surface area contributed by atoms with Crippen molar-refractivity contribution < 1.29 is 5.11 Å². The van der Waals surface area contributed by atoms with Crippen LogP contribution in [-0.2, 0) is 6.54 Å². The highest BCUT2D eigenvalue weighted by atomic mass is 16.3. The average molecular weight is 359 g/mol. The van der Waals surface area contributed by atoms with E-state index in [-0.39, 0.29) is 5.75 Å². The first kappa shape index (κ1) is 16.6. The molecule has 0 radical (unpaired) electrons. The van der Waals surface area contributed by atoms with E-state index in [2.05, 4.69) is 35.5 Å². The number of nitrogens with one attached hydrogen (secondary N) is 2. The van der Waals surface area contributed by atoms with E-state index in [0.717, 1.165) is 11.3 Å². The zero-order chi connectivity index (χ0) is 18.6. The van der Waals surface area contributed by atoms with Gasteiger partial charge in [0.2, 0.25) is 0 Å². The van der Waals surface area contributed by atoms with Crippen molar-refractivity contribution in [3.63, 3.8) is 0 Å². The number of pyridine rings is 1. The summed E-state index contributed by atoms with van der Waals surface area (Å²) in [7, 11) is 0. The molecule has 8 heteroatoms. The Morgan fingerprint density at radius 3 is 2.63 bits per heavy atom. The third kappa shape index (κ3) is 3.74. The maximum atomic E-state index is 10.0. The Kier molecular flexibility index (Phi) is 4.44.